The normalized spacial score (nSPS) is 10.0. The van der Waals surface area contributed by atoms with E-state index in [1.165, 1.54) is 0 Å². The second-order valence-corrected chi connectivity index (χ2v) is 5.82. The predicted octanol–water partition coefficient (Wildman–Crippen LogP) is 2.84. The molecule has 7 nitrogen and oxygen atoms in total. The zero-order valence-corrected chi connectivity index (χ0v) is 15.5. The van der Waals surface area contributed by atoms with Crippen LogP contribution in [0.5, 0.6) is 0 Å². The van der Waals surface area contributed by atoms with Crippen LogP contribution in [0.4, 0.5) is 17.1 Å². The Bertz CT molecular complexity index is 803. The van der Waals surface area contributed by atoms with E-state index in [9.17, 15) is 14.4 Å². The Balaban J connectivity index is 1.86. The fourth-order valence-corrected chi connectivity index (χ4v) is 2.31. The van der Waals surface area contributed by atoms with Crippen LogP contribution in [-0.4, -0.2) is 30.8 Å². The van der Waals surface area contributed by atoms with Gasteiger partial charge in [0.1, 0.15) is 0 Å². The van der Waals surface area contributed by atoms with Crippen LogP contribution >= 0.6 is 0 Å². The lowest BCUT2D eigenvalue weighted by Crippen LogP contribution is -2.23. The van der Waals surface area contributed by atoms with Gasteiger partial charge in [0.2, 0.25) is 11.8 Å². The summed E-state index contributed by atoms with van der Waals surface area (Å²) in [5, 5.41) is 11.2. The van der Waals surface area contributed by atoms with Crippen LogP contribution in [-0.2, 0) is 9.59 Å². The minimum absolute atomic E-state index is 0.0627. The van der Waals surface area contributed by atoms with E-state index in [0.717, 1.165) is 0 Å². The number of amides is 3. The molecule has 0 saturated carbocycles. The lowest BCUT2D eigenvalue weighted by Gasteiger charge is -2.10. The smallest absolute Gasteiger partial charge is 0.251 e. The molecule has 3 amide bonds. The zero-order chi connectivity index (χ0) is 19.6. The molecule has 0 atom stereocenters. The highest BCUT2D eigenvalue weighted by molar-refractivity contribution is 5.96. The maximum absolute atomic E-state index is 12.1. The van der Waals surface area contributed by atoms with Crippen LogP contribution in [0.25, 0.3) is 0 Å². The average molecular weight is 368 g/mol. The summed E-state index contributed by atoms with van der Waals surface area (Å²) in [5.41, 5.74) is 2.53. The van der Waals surface area contributed by atoms with Crippen molar-refractivity contribution in [3.8, 4) is 0 Å². The molecule has 142 valence electrons. The summed E-state index contributed by atoms with van der Waals surface area (Å²) in [6.07, 6.45) is 0.408. The first-order valence-corrected chi connectivity index (χ1v) is 8.83. The molecule has 2 aromatic rings. The molecule has 0 heterocycles. The first-order chi connectivity index (χ1) is 13.0. The van der Waals surface area contributed by atoms with E-state index in [1.807, 2.05) is 6.92 Å². The van der Waals surface area contributed by atoms with Crippen LogP contribution in [0.15, 0.2) is 48.5 Å². The molecule has 0 aliphatic carbocycles. The molecule has 0 aliphatic rings. The monoisotopic (exact) mass is 368 g/mol. The van der Waals surface area contributed by atoms with Gasteiger partial charge in [0.05, 0.1) is 6.54 Å². The average Bonchev–Trinajstić information content (AvgIpc) is 2.68. The van der Waals surface area contributed by atoms with Gasteiger partial charge in [-0.25, -0.2) is 0 Å². The highest BCUT2D eigenvalue weighted by atomic mass is 16.2. The van der Waals surface area contributed by atoms with E-state index >= 15 is 0 Å². The molecule has 0 aromatic heterocycles. The molecule has 7 heteroatoms. The van der Waals surface area contributed by atoms with Crippen molar-refractivity contribution in [3.05, 3.63) is 54.1 Å². The molecular formula is C20H24N4O3. The van der Waals surface area contributed by atoms with E-state index in [1.54, 1.807) is 55.5 Å². The Morgan fingerprint density at radius 2 is 1.44 bits per heavy atom. The summed E-state index contributed by atoms with van der Waals surface area (Å²) in [6.45, 7) is 4.25. The minimum Gasteiger partial charge on any atom is -0.376 e. The predicted molar refractivity (Wildman–Crippen MR) is 107 cm³/mol. The maximum atomic E-state index is 12.1. The van der Waals surface area contributed by atoms with Gasteiger partial charge in [0.25, 0.3) is 5.91 Å². The molecule has 0 aliphatic heterocycles. The number of carbonyl (C=O) groups excluding carboxylic acids is 3. The quantitative estimate of drug-likeness (QED) is 0.576. The van der Waals surface area contributed by atoms with Crippen LogP contribution in [0, 0.1) is 0 Å². The van der Waals surface area contributed by atoms with Gasteiger partial charge in [-0.05, 0) is 49.4 Å². The molecule has 0 spiro atoms. The van der Waals surface area contributed by atoms with E-state index in [0.29, 0.717) is 35.6 Å². The van der Waals surface area contributed by atoms with Gasteiger partial charge in [-0.15, -0.1) is 0 Å². The molecule has 0 fully saturated rings. The summed E-state index contributed by atoms with van der Waals surface area (Å²) in [7, 11) is 0. The number of rotatable bonds is 8. The first kappa shape index (κ1) is 20.0. The fourth-order valence-electron chi connectivity index (χ4n) is 2.31. The Morgan fingerprint density at radius 3 is 2.04 bits per heavy atom. The number of hydrogen-bond acceptors (Lipinski definition) is 4. The van der Waals surface area contributed by atoms with Crippen LogP contribution < -0.4 is 21.3 Å². The van der Waals surface area contributed by atoms with Gasteiger partial charge in [-0.2, -0.15) is 0 Å². The van der Waals surface area contributed by atoms with E-state index in [4.69, 9.17) is 0 Å². The summed E-state index contributed by atoms with van der Waals surface area (Å²) >= 11 is 0. The summed E-state index contributed by atoms with van der Waals surface area (Å²) in [6, 6.07) is 13.9. The highest BCUT2D eigenvalue weighted by Gasteiger charge is 2.07. The maximum Gasteiger partial charge on any atom is 0.251 e. The topological polar surface area (TPSA) is 99.3 Å². The van der Waals surface area contributed by atoms with Crippen molar-refractivity contribution in [2.75, 3.05) is 29.0 Å². The lowest BCUT2D eigenvalue weighted by molar-refractivity contribution is -0.116. The zero-order valence-electron chi connectivity index (χ0n) is 15.5. The molecular weight excluding hydrogens is 344 g/mol. The van der Waals surface area contributed by atoms with Crippen molar-refractivity contribution in [1.82, 2.24) is 5.32 Å². The lowest BCUT2D eigenvalue weighted by atomic mass is 10.2. The largest absolute Gasteiger partial charge is 0.376 e. The Hall–Kier alpha value is -3.35. The number of hydrogen-bond donors (Lipinski definition) is 4. The van der Waals surface area contributed by atoms with E-state index in [2.05, 4.69) is 21.3 Å². The van der Waals surface area contributed by atoms with Gasteiger partial charge in [-0.3, -0.25) is 14.4 Å². The third-order valence-corrected chi connectivity index (χ3v) is 3.69. The van der Waals surface area contributed by atoms with Gasteiger partial charge in [0.15, 0.2) is 0 Å². The molecule has 0 bridgehead atoms. The number of benzene rings is 2. The molecule has 0 radical (unpaired) electrons. The third kappa shape index (κ3) is 6.47. The SMILES string of the molecule is CCNC(=O)c1cccc(NCC(=O)Nc2ccc(NC(=O)CC)cc2)c1. The first-order valence-electron chi connectivity index (χ1n) is 8.83. The fraction of sp³-hybridized carbons (Fsp3) is 0.250. The van der Waals surface area contributed by atoms with E-state index < -0.39 is 0 Å². The molecule has 27 heavy (non-hydrogen) atoms. The summed E-state index contributed by atoms with van der Waals surface area (Å²) in [5.74, 6) is -0.435. The Labute approximate surface area is 158 Å². The van der Waals surface area contributed by atoms with Gasteiger partial charge < -0.3 is 21.3 Å². The Kier molecular flexibility index (Phi) is 7.37. The number of carbonyl (C=O) groups is 3. The third-order valence-electron chi connectivity index (χ3n) is 3.69. The molecule has 2 aromatic carbocycles. The highest BCUT2D eigenvalue weighted by Crippen LogP contribution is 2.14. The van der Waals surface area contributed by atoms with Crippen LogP contribution in [0.2, 0.25) is 0 Å². The van der Waals surface area contributed by atoms with Crippen molar-refractivity contribution in [2.24, 2.45) is 0 Å². The Morgan fingerprint density at radius 1 is 0.815 bits per heavy atom. The van der Waals surface area contributed by atoms with Crippen LogP contribution in [0.1, 0.15) is 30.6 Å². The number of nitrogens with one attached hydrogen (secondary N) is 4. The molecule has 4 N–H and O–H groups in total. The van der Waals surface area contributed by atoms with E-state index in [-0.39, 0.29) is 24.3 Å². The van der Waals surface area contributed by atoms with Gasteiger partial charge in [-0.1, -0.05) is 13.0 Å². The van der Waals surface area contributed by atoms with Crippen molar-refractivity contribution in [1.29, 1.82) is 0 Å². The number of anilines is 3. The van der Waals surface area contributed by atoms with Gasteiger partial charge >= 0.3 is 0 Å². The summed E-state index contributed by atoms with van der Waals surface area (Å²) < 4.78 is 0. The van der Waals surface area contributed by atoms with Crippen molar-refractivity contribution in [2.45, 2.75) is 20.3 Å². The summed E-state index contributed by atoms with van der Waals surface area (Å²) in [4.78, 5) is 35.3. The van der Waals surface area contributed by atoms with Crippen molar-refractivity contribution < 1.29 is 14.4 Å². The standard InChI is InChI=1S/C20H24N4O3/c1-3-18(25)23-15-8-10-16(11-9-15)24-19(26)13-22-17-7-5-6-14(12-17)20(27)21-4-2/h5-12,22H,3-4,13H2,1-2H3,(H,21,27)(H,23,25)(H,24,26). The molecule has 0 saturated heterocycles. The second kappa shape index (κ2) is 9.96. The minimum atomic E-state index is -0.219. The molecule has 0 unspecified atom stereocenters. The van der Waals surface area contributed by atoms with Gasteiger partial charge in [0, 0.05) is 35.6 Å². The van der Waals surface area contributed by atoms with Crippen molar-refractivity contribution in [3.63, 3.8) is 0 Å². The molecule has 2 rings (SSSR count). The van der Waals surface area contributed by atoms with Crippen molar-refractivity contribution >= 4 is 34.8 Å². The second-order valence-electron chi connectivity index (χ2n) is 5.82. The van der Waals surface area contributed by atoms with Crippen LogP contribution in [0.3, 0.4) is 0 Å².